The summed E-state index contributed by atoms with van der Waals surface area (Å²) < 4.78 is 11.8. The highest BCUT2D eigenvalue weighted by Gasteiger charge is 2.17. The molecule has 0 spiro atoms. The van der Waals surface area contributed by atoms with E-state index < -0.39 is 10.7 Å². The quantitative estimate of drug-likeness (QED) is 0.0960. The lowest BCUT2D eigenvalue weighted by atomic mass is 10.0. The molecule has 0 aliphatic rings. The van der Waals surface area contributed by atoms with Crippen molar-refractivity contribution in [3.63, 3.8) is 0 Å². The molecule has 0 bridgehead atoms. The molecule has 0 unspecified atom stereocenters. The molecule has 0 N–H and O–H groups in total. The fraction of sp³-hybridized carbons (Fsp3) is 0.0833. The summed E-state index contributed by atoms with van der Waals surface area (Å²) in [5.41, 5.74) is 0.787. The highest BCUT2D eigenvalue weighted by molar-refractivity contribution is 9.10. The molecule has 0 heterocycles. The minimum Gasteiger partial charge on any atom is -0.493 e. The highest BCUT2D eigenvalue weighted by Crippen LogP contribution is 2.36. The number of non-ortho nitro benzene ring substituents is 1. The third kappa shape index (κ3) is 5.94. The van der Waals surface area contributed by atoms with Crippen LogP contribution in [0.3, 0.4) is 0 Å². The maximum atomic E-state index is 12.8. The Labute approximate surface area is 213 Å². The Morgan fingerprint density at radius 2 is 1.94 bits per heavy atom. The van der Waals surface area contributed by atoms with Crippen molar-refractivity contribution in [3.8, 4) is 17.6 Å². The number of nitriles is 1. The molecule has 0 radical (unpaired) electrons. The van der Waals surface area contributed by atoms with Gasteiger partial charge in [-0.1, -0.05) is 57.3 Å². The van der Waals surface area contributed by atoms with Gasteiger partial charge in [0.25, 0.3) is 5.69 Å². The maximum Gasteiger partial charge on any atom is 0.270 e. The van der Waals surface area contributed by atoms with Gasteiger partial charge < -0.3 is 9.47 Å². The van der Waals surface area contributed by atoms with Crippen LogP contribution >= 0.6 is 39.1 Å². The first-order valence-electron chi connectivity index (χ1n) is 9.58. The van der Waals surface area contributed by atoms with Crippen molar-refractivity contribution >= 4 is 56.7 Å². The summed E-state index contributed by atoms with van der Waals surface area (Å²) in [6, 6.07) is 15.4. The molecular weight excluding hydrogens is 547 g/mol. The number of hydrogen-bond acceptors (Lipinski definition) is 6. The Morgan fingerprint density at radius 3 is 2.59 bits per heavy atom. The first-order valence-corrected chi connectivity index (χ1v) is 11.1. The standard InChI is InChI=1S/C24H15BrCl2N2O5/c1-33-22-9-16(7-17(12-28)24(30)14-3-2-4-19(8-14)29(31)32)20(25)11-23(22)34-13-15-5-6-18(26)10-21(15)27/h2-11H,13H2,1H3/b17-7+. The smallest absolute Gasteiger partial charge is 0.270 e. The number of hydrogen-bond donors (Lipinski definition) is 0. The number of benzene rings is 3. The second-order valence-electron chi connectivity index (χ2n) is 6.86. The van der Waals surface area contributed by atoms with E-state index in [9.17, 15) is 20.2 Å². The van der Waals surface area contributed by atoms with Gasteiger partial charge in [0.05, 0.1) is 12.0 Å². The molecule has 10 heteroatoms. The van der Waals surface area contributed by atoms with Crippen molar-refractivity contribution in [2.24, 2.45) is 0 Å². The summed E-state index contributed by atoms with van der Waals surface area (Å²) in [5.74, 6) is 0.121. The number of allylic oxidation sites excluding steroid dienone is 1. The van der Waals surface area contributed by atoms with Crippen LogP contribution in [0, 0.1) is 21.4 Å². The van der Waals surface area contributed by atoms with Crippen molar-refractivity contribution in [3.05, 3.63) is 101 Å². The minimum absolute atomic E-state index is 0.0323. The number of halogens is 3. The van der Waals surface area contributed by atoms with Crippen LogP contribution in [0.5, 0.6) is 11.5 Å². The van der Waals surface area contributed by atoms with Gasteiger partial charge in [-0.25, -0.2) is 0 Å². The van der Waals surface area contributed by atoms with Gasteiger partial charge in [-0.3, -0.25) is 14.9 Å². The average Bonchev–Trinajstić information content (AvgIpc) is 2.82. The van der Waals surface area contributed by atoms with Crippen LogP contribution < -0.4 is 9.47 Å². The Balaban J connectivity index is 1.90. The molecule has 172 valence electrons. The average molecular weight is 562 g/mol. The van der Waals surface area contributed by atoms with Crippen LogP contribution in [-0.2, 0) is 6.61 Å². The van der Waals surface area contributed by atoms with E-state index in [0.717, 1.165) is 11.6 Å². The molecule has 0 saturated heterocycles. The van der Waals surface area contributed by atoms with Crippen molar-refractivity contribution < 1.29 is 19.2 Å². The molecule has 3 rings (SSSR count). The Kier molecular flexibility index (Phi) is 8.29. The molecule has 0 amide bonds. The summed E-state index contributed by atoms with van der Waals surface area (Å²) in [6.45, 7) is 0.155. The summed E-state index contributed by atoms with van der Waals surface area (Å²) in [5, 5.41) is 21.5. The monoisotopic (exact) mass is 560 g/mol. The van der Waals surface area contributed by atoms with E-state index in [1.807, 2.05) is 6.07 Å². The lowest BCUT2D eigenvalue weighted by Gasteiger charge is -2.14. The van der Waals surface area contributed by atoms with E-state index in [1.54, 1.807) is 30.3 Å². The lowest BCUT2D eigenvalue weighted by Crippen LogP contribution is -2.03. The molecule has 3 aromatic rings. The van der Waals surface area contributed by atoms with Crippen LogP contribution in [0.1, 0.15) is 21.5 Å². The number of nitro benzene ring substituents is 1. The number of rotatable bonds is 8. The predicted octanol–water partition coefficient (Wildman–Crippen LogP) is 7.04. The number of carbonyl (C=O) groups excluding carboxylic acids is 1. The Bertz CT molecular complexity index is 1350. The van der Waals surface area contributed by atoms with E-state index in [2.05, 4.69) is 15.9 Å². The van der Waals surface area contributed by atoms with E-state index in [1.165, 1.54) is 31.4 Å². The summed E-state index contributed by atoms with van der Waals surface area (Å²) in [6.07, 6.45) is 1.37. The third-order valence-electron chi connectivity index (χ3n) is 4.67. The van der Waals surface area contributed by atoms with Gasteiger partial charge in [0.2, 0.25) is 5.78 Å². The first-order chi connectivity index (χ1) is 16.2. The number of ketones is 1. The summed E-state index contributed by atoms with van der Waals surface area (Å²) >= 11 is 15.5. The van der Waals surface area contributed by atoms with Crippen LogP contribution in [-0.4, -0.2) is 17.8 Å². The number of methoxy groups -OCH3 is 1. The van der Waals surface area contributed by atoms with Gasteiger partial charge in [0.15, 0.2) is 11.5 Å². The number of Topliss-reactive ketones (excluding diaryl/α,β-unsaturated/α-hetero) is 1. The zero-order valence-corrected chi connectivity index (χ0v) is 20.6. The van der Waals surface area contributed by atoms with Crippen molar-refractivity contribution in [1.29, 1.82) is 5.26 Å². The van der Waals surface area contributed by atoms with Gasteiger partial charge in [0.1, 0.15) is 18.2 Å². The molecule has 34 heavy (non-hydrogen) atoms. The van der Waals surface area contributed by atoms with E-state index >= 15 is 0 Å². The van der Waals surface area contributed by atoms with Gasteiger partial charge in [-0.2, -0.15) is 5.26 Å². The second kappa shape index (κ2) is 11.2. The fourth-order valence-electron chi connectivity index (χ4n) is 2.95. The molecule has 0 aliphatic carbocycles. The van der Waals surface area contributed by atoms with Crippen molar-refractivity contribution in [1.82, 2.24) is 0 Å². The largest absolute Gasteiger partial charge is 0.493 e. The van der Waals surface area contributed by atoms with E-state index in [0.29, 0.717) is 31.6 Å². The third-order valence-corrected chi connectivity index (χ3v) is 5.94. The van der Waals surface area contributed by atoms with Crippen LogP contribution in [0.15, 0.2) is 64.6 Å². The maximum absolute atomic E-state index is 12.8. The zero-order chi connectivity index (χ0) is 24.8. The van der Waals surface area contributed by atoms with E-state index in [-0.39, 0.29) is 23.4 Å². The number of nitro groups is 1. The fourth-order valence-corrected chi connectivity index (χ4v) is 3.85. The van der Waals surface area contributed by atoms with Gasteiger partial charge in [-0.05, 0) is 35.9 Å². The summed E-state index contributed by atoms with van der Waals surface area (Å²) in [7, 11) is 1.46. The molecule has 0 atom stereocenters. The van der Waals surface area contributed by atoms with Crippen LogP contribution in [0.25, 0.3) is 6.08 Å². The second-order valence-corrected chi connectivity index (χ2v) is 8.55. The lowest BCUT2D eigenvalue weighted by molar-refractivity contribution is -0.384. The zero-order valence-electron chi connectivity index (χ0n) is 17.6. The topological polar surface area (TPSA) is 102 Å². The van der Waals surface area contributed by atoms with Crippen LogP contribution in [0.2, 0.25) is 10.0 Å². The molecule has 0 aliphatic heterocycles. The number of ether oxygens (including phenoxy) is 2. The Morgan fingerprint density at radius 1 is 1.18 bits per heavy atom. The normalized spacial score (nSPS) is 11.0. The predicted molar refractivity (Wildman–Crippen MR) is 133 cm³/mol. The summed E-state index contributed by atoms with van der Waals surface area (Å²) in [4.78, 5) is 23.2. The first kappa shape index (κ1) is 25.2. The molecule has 0 aromatic heterocycles. The van der Waals surface area contributed by atoms with Crippen molar-refractivity contribution in [2.75, 3.05) is 7.11 Å². The number of carbonyl (C=O) groups is 1. The highest BCUT2D eigenvalue weighted by atomic mass is 79.9. The minimum atomic E-state index is -0.644. The van der Waals surface area contributed by atoms with Gasteiger partial charge >= 0.3 is 0 Å². The SMILES string of the molecule is COc1cc(/C=C(\C#N)C(=O)c2cccc([N+](=O)[O-])c2)c(Br)cc1OCc1ccc(Cl)cc1Cl. The molecule has 3 aromatic carbocycles. The van der Waals surface area contributed by atoms with Gasteiger partial charge in [-0.15, -0.1) is 0 Å². The molecule has 7 nitrogen and oxygen atoms in total. The molecule has 0 saturated carbocycles. The van der Waals surface area contributed by atoms with Crippen molar-refractivity contribution in [2.45, 2.75) is 6.61 Å². The number of nitrogens with zero attached hydrogens (tertiary/aromatic N) is 2. The van der Waals surface area contributed by atoms with E-state index in [4.69, 9.17) is 32.7 Å². The molecule has 0 fully saturated rings. The Hall–Kier alpha value is -3.38. The van der Waals surface area contributed by atoms with Crippen LogP contribution in [0.4, 0.5) is 5.69 Å². The van der Waals surface area contributed by atoms with Gasteiger partial charge in [0, 0.05) is 37.8 Å². The molecular formula is C24H15BrCl2N2O5.